The number of carbonyl (C=O) groups is 1. The van der Waals surface area contributed by atoms with Crippen LogP contribution in [0.4, 0.5) is 10.1 Å². The van der Waals surface area contributed by atoms with Gasteiger partial charge in [0.1, 0.15) is 11.6 Å². The van der Waals surface area contributed by atoms with E-state index in [4.69, 9.17) is 0 Å². The number of amides is 1. The number of hydrogen-bond acceptors (Lipinski definition) is 4. The minimum atomic E-state index is -0.490. The number of carbonyl (C=O) groups excluding carboxylic acids is 1. The molecule has 7 nitrogen and oxygen atoms in total. The monoisotopic (exact) mass is 314 g/mol. The Morgan fingerprint density at radius 1 is 1.26 bits per heavy atom. The van der Waals surface area contributed by atoms with Crippen LogP contribution in [0.5, 0.6) is 0 Å². The Kier molecular flexibility index (Phi) is 3.71. The Balaban J connectivity index is 1.72. The normalized spacial score (nSPS) is 10.7. The molecule has 0 saturated heterocycles. The summed E-state index contributed by atoms with van der Waals surface area (Å²) < 4.78 is 12.8. The predicted octanol–water partition coefficient (Wildman–Crippen LogP) is 2.54. The first-order chi connectivity index (χ1) is 11.0. The van der Waals surface area contributed by atoms with E-state index in [9.17, 15) is 19.3 Å². The van der Waals surface area contributed by atoms with Crippen LogP contribution in [0.25, 0.3) is 11.0 Å². The SMILES string of the molecule is O=C(NCc1nc2ccc([N+](=O)[O-])cc2[nH]1)c1ccc(F)cc1. The van der Waals surface area contributed by atoms with Crippen molar-refractivity contribution in [2.45, 2.75) is 6.54 Å². The first kappa shape index (κ1) is 14.6. The number of halogens is 1. The summed E-state index contributed by atoms with van der Waals surface area (Å²) in [7, 11) is 0. The second-order valence-corrected chi connectivity index (χ2v) is 4.83. The summed E-state index contributed by atoms with van der Waals surface area (Å²) in [5, 5.41) is 13.4. The number of nitrogens with zero attached hydrogens (tertiary/aromatic N) is 2. The number of hydrogen-bond donors (Lipinski definition) is 2. The Morgan fingerprint density at radius 2 is 2.00 bits per heavy atom. The zero-order valence-corrected chi connectivity index (χ0v) is 11.7. The van der Waals surface area contributed by atoms with Crippen molar-refractivity contribution in [2.24, 2.45) is 0 Å². The van der Waals surface area contributed by atoms with Gasteiger partial charge in [0.15, 0.2) is 0 Å². The number of fused-ring (bicyclic) bond motifs is 1. The summed E-state index contributed by atoms with van der Waals surface area (Å²) in [6.45, 7) is 0.124. The van der Waals surface area contributed by atoms with E-state index in [1.807, 2.05) is 0 Å². The highest BCUT2D eigenvalue weighted by Crippen LogP contribution is 2.18. The van der Waals surface area contributed by atoms with Crippen LogP contribution < -0.4 is 5.32 Å². The summed E-state index contributed by atoms with van der Waals surface area (Å²) in [4.78, 5) is 29.3. The average molecular weight is 314 g/mol. The van der Waals surface area contributed by atoms with E-state index in [2.05, 4.69) is 15.3 Å². The maximum Gasteiger partial charge on any atom is 0.271 e. The third-order valence-electron chi connectivity index (χ3n) is 3.25. The molecule has 0 fully saturated rings. The van der Waals surface area contributed by atoms with Crippen molar-refractivity contribution < 1.29 is 14.1 Å². The van der Waals surface area contributed by atoms with Crippen LogP contribution in [0, 0.1) is 15.9 Å². The molecule has 0 aliphatic carbocycles. The fraction of sp³-hybridized carbons (Fsp3) is 0.0667. The van der Waals surface area contributed by atoms with Gasteiger partial charge in [-0.2, -0.15) is 0 Å². The highest BCUT2D eigenvalue weighted by atomic mass is 19.1. The number of H-pyrrole nitrogens is 1. The number of aromatic nitrogens is 2. The molecule has 0 radical (unpaired) electrons. The summed E-state index contributed by atoms with van der Waals surface area (Å²) in [5.41, 5.74) is 1.38. The number of nitro groups is 1. The van der Waals surface area contributed by atoms with Gasteiger partial charge in [-0.1, -0.05) is 0 Å². The molecular formula is C15H11FN4O3. The van der Waals surface area contributed by atoms with Gasteiger partial charge in [0, 0.05) is 17.7 Å². The van der Waals surface area contributed by atoms with Crippen LogP contribution in [0.15, 0.2) is 42.5 Å². The molecule has 1 amide bonds. The van der Waals surface area contributed by atoms with Crippen molar-refractivity contribution >= 4 is 22.6 Å². The fourth-order valence-electron chi connectivity index (χ4n) is 2.12. The lowest BCUT2D eigenvalue weighted by molar-refractivity contribution is -0.384. The second kappa shape index (κ2) is 5.84. The van der Waals surface area contributed by atoms with Crippen molar-refractivity contribution in [3.63, 3.8) is 0 Å². The highest BCUT2D eigenvalue weighted by Gasteiger charge is 2.11. The molecule has 1 aromatic heterocycles. The molecule has 8 heteroatoms. The van der Waals surface area contributed by atoms with E-state index in [0.717, 1.165) is 0 Å². The van der Waals surface area contributed by atoms with Crippen molar-refractivity contribution in [1.29, 1.82) is 0 Å². The van der Waals surface area contributed by atoms with E-state index in [1.54, 1.807) is 0 Å². The first-order valence-electron chi connectivity index (χ1n) is 6.70. The summed E-state index contributed by atoms with van der Waals surface area (Å²) >= 11 is 0. The Labute approximate surface area is 129 Å². The fourth-order valence-corrected chi connectivity index (χ4v) is 2.12. The number of rotatable bonds is 4. The van der Waals surface area contributed by atoms with Gasteiger partial charge >= 0.3 is 0 Å². The summed E-state index contributed by atoms with van der Waals surface area (Å²) in [6, 6.07) is 9.46. The Hall–Kier alpha value is -3.29. The van der Waals surface area contributed by atoms with Crippen LogP contribution in [-0.4, -0.2) is 20.8 Å². The van der Waals surface area contributed by atoms with Crippen LogP contribution in [-0.2, 0) is 6.54 Å². The van der Waals surface area contributed by atoms with Crippen LogP contribution in [0.1, 0.15) is 16.2 Å². The molecule has 2 aromatic carbocycles. The number of non-ortho nitro benzene ring substituents is 1. The molecule has 0 unspecified atom stereocenters. The van der Waals surface area contributed by atoms with E-state index in [1.165, 1.54) is 42.5 Å². The van der Waals surface area contributed by atoms with Gasteiger partial charge in [-0.15, -0.1) is 0 Å². The lowest BCUT2D eigenvalue weighted by atomic mass is 10.2. The van der Waals surface area contributed by atoms with Gasteiger partial charge in [-0.05, 0) is 30.3 Å². The average Bonchev–Trinajstić information content (AvgIpc) is 2.95. The lowest BCUT2D eigenvalue weighted by Gasteiger charge is -2.02. The molecule has 0 aliphatic heterocycles. The van der Waals surface area contributed by atoms with Gasteiger partial charge in [-0.3, -0.25) is 14.9 Å². The van der Waals surface area contributed by atoms with Crippen LogP contribution in [0.3, 0.4) is 0 Å². The highest BCUT2D eigenvalue weighted by molar-refractivity contribution is 5.94. The first-order valence-corrected chi connectivity index (χ1v) is 6.70. The standard InChI is InChI=1S/C15H11FN4O3/c16-10-3-1-9(2-4-10)15(21)17-8-14-18-12-6-5-11(20(22)23)7-13(12)19-14/h1-7H,8H2,(H,17,21)(H,18,19). The Morgan fingerprint density at radius 3 is 2.70 bits per heavy atom. The molecular weight excluding hydrogens is 303 g/mol. The smallest absolute Gasteiger partial charge is 0.271 e. The van der Waals surface area contributed by atoms with E-state index < -0.39 is 10.7 Å². The minimum Gasteiger partial charge on any atom is -0.345 e. The quantitative estimate of drug-likeness (QED) is 0.570. The number of aromatic amines is 1. The van der Waals surface area contributed by atoms with Gasteiger partial charge in [0.05, 0.1) is 22.5 Å². The molecule has 0 bridgehead atoms. The van der Waals surface area contributed by atoms with Gasteiger partial charge in [-0.25, -0.2) is 9.37 Å². The van der Waals surface area contributed by atoms with Crippen molar-refractivity contribution in [2.75, 3.05) is 0 Å². The minimum absolute atomic E-state index is 0.0388. The van der Waals surface area contributed by atoms with Crippen molar-refractivity contribution in [3.8, 4) is 0 Å². The van der Waals surface area contributed by atoms with Gasteiger partial charge in [0.25, 0.3) is 11.6 Å². The molecule has 1 heterocycles. The number of benzene rings is 2. The summed E-state index contributed by atoms with van der Waals surface area (Å²) in [5.74, 6) is -0.312. The molecule has 23 heavy (non-hydrogen) atoms. The van der Waals surface area contributed by atoms with Crippen LogP contribution >= 0.6 is 0 Å². The maximum absolute atomic E-state index is 12.8. The zero-order valence-electron chi connectivity index (χ0n) is 11.7. The van der Waals surface area contributed by atoms with Gasteiger partial charge in [0.2, 0.25) is 0 Å². The molecule has 0 spiro atoms. The van der Waals surface area contributed by atoms with E-state index in [-0.39, 0.29) is 18.1 Å². The molecule has 0 saturated carbocycles. The van der Waals surface area contributed by atoms with Crippen molar-refractivity contribution in [3.05, 3.63) is 69.8 Å². The van der Waals surface area contributed by atoms with Gasteiger partial charge < -0.3 is 10.3 Å². The number of nitrogens with one attached hydrogen (secondary N) is 2. The molecule has 0 aliphatic rings. The van der Waals surface area contributed by atoms with Crippen LogP contribution in [0.2, 0.25) is 0 Å². The third kappa shape index (κ3) is 3.15. The number of nitro benzene ring substituents is 1. The third-order valence-corrected chi connectivity index (χ3v) is 3.25. The Bertz CT molecular complexity index is 889. The molecule has 3 aromatic rings. The molecule has 0 atom stereocenters. The van der Waals surface area contributed by atoms with E-state index >= 15 is 0 Å². The maximum atomic E-state index is 12.8. The lowest BCUT2D eigenvalue weighted by Crippen LogP contribution is -2.23. The number of imidazole rings is 1. The van der Waals surface area contributed by atoms with E-state index in [0.29, 0.717) is 22.4 Å². The van der Waals surface area contributed by atoms with Crippen molar-refractivity contribution in [1.82, 2.24) is 15.3 Å². The topological polar surface area (TPSA) is 101 Å². The largest absolute Gasteiger partial charge is 0.345 e. The zero-order chi connectivity index (χ0) is 16.4. The molecule has 2 N–H and O–H groups in total. The second-order valence-electron chi connectivity index (χ2n) is 4.83. The molecule has 3 rings (SSSR count). The summed E-state index contributed by atoms with van der Waals surface area (Å²) in [6.07, 6.45) is 0. The molecule has 116 valence electrons. The predicted molar refractivity (Wildman–Crippen MR) is 80.3 cm³/mol.